The number of aromatic nitrogens is 1. The van der Waals surface area contributed by atoms with Crippen LogP contribution in [0.1, 0.15) is 16.1 Å². The quantitative estimate of drug-likeness (QED) is 0.710. The molecule has 0 saturated heterocycles. The maximum Gasteiger partial charge on any atom is 0.257 e. The number of benzene rings is 2. The van der Waals surface area contributed by atoms with Crippen molar-refractivity contribution < 1.29 is 9.53 Å². The Labute approximate surface area is 145 Å². The number of aryl methyl sites for hydroxylation is 1. The molecule has 3 rings (SSSR count). The lowest BCUT2D eigenvalue weighted by molar-refractivity contribution is 0.102. The predicted octanol–water partition coefficient (Wildman–Crippen LogP) is 4.53. The maximum absolute atomic E-state index is 12.7. The summed E-state index contributed by atoms with van der Waals surface area (Å²) in [7, 11) is 1.62. The zero-order valence-corrected chi connectivity index (χ0v) is 14.6. The number of carbonyl (C=O) groups is 1. The molecule has 0 fully saturated rings. The van der Waals surface area contributed by atoms with Crippen LogP contribution in [0.2, 0.25) is 0 Å². The summed E-state index contributed by atoms with van der Waals surface area (Å²) in [6, 6.07) is 15.2. The summed E-state index contributed by atoms with van der Waals surface area (Å²) in [6.07, 6.45) is 1.99. The minimum atomic E-state index is -0.161. The van der Waals surface area contributed by atoms with Gasteiger partial charge in [0.05, 0.1) is 29.6 Å². The molecule has 0 atom stereocenters. The number of carbonyl (C=O) groups excluding carboxylic acids is 1. The Balaban J connectivity index is 1.98. The Hall–Kier alpha value is -2.53. The van der Waals surface area contributed by atoms with Crippen LogP contribution in [0.15, 0.2) is 53.4 Å². The Bertz CT molecular complexity index is 909. The summed E-state index contributed by atoms with van der Waals surface area (Å²) >= 11 is 1.60. The third kappa shape index (κ3) is 3.21. The van der Waals surface area contributed by atoms with Gasteiger partial charge in [-0.15, -0.1) is 11.8 Å². The fourth-order valence-corrected chi connectivity index (χ4v) is 3.10. The lowest BCUT2D eigenvalue weighted by Gasteiger charge is -2.11. The van der Waals surface area contributed by atoms with Crippen LogP contribution in [-0.2, 0) is 0 Å². The smallest absolute Gasteiger partial charge is 0.257 e. The Morgan fingerprint density at radius 3 is 2.71 bits per heavy atom. The first-order chi connectivity index (χ1) is 11.6. The van der Waals surface area contributed by atoms with Crippen molar-refractivity contribution in [1.82, 2.24) is 4.98 Å². The van der Waals surface area contributed by atoms with Crippen LogP contribution < -0.4 is 10.1 Å². The number of anilines is 1. The number of thioether (sulfide) groups is 1. The number of para-hydroxylation sites is 1. The third-order valence-electron chi connectivity index (χ3n) is 3.81. The number of amides is 1. The fourth-order valence-electron chi connectivity index (χ4n) is 2.55. The molecule has 0 bridgehead atoms. The van der Waals surface area contributed by atoms with Gasteiger partial charge in [0.2, 0.25) is 0 Å². The first-order valence-corrected chi connectivity index (χ1v) is 8.74. The van der Waals surface area contributed by atoms with Gasteiger partial charge in [-0.3, -0.25) is 9.78 Å². The molecule has 5 heteroatoms. The van der Waals surface area contributed by atoms with Crippen molar-refractivity contribution in [2.75, 3.05) is 18.7 Å². The number of nitrogens with zero attached hydrogens (tertiary/aromatic N) is 1. The van der Waals surface area contributed by atoms with E-state index >= 15 is 0 Å². The largest absolute Gasteiger partial charge is 0.497 e. The molecule has 1 N–H and O–H groups in total. The molecular weight excluding hydrogens is 320 g/mol. The van der Waals surface area contributed by atoms with E-state index < -0.39 is 0 Å². The molecule has 2 aromatic carbocycles. The number of pyridine rings is 1. The number of nitrogens with one attached hydrogen (secondary N) is 1. The van der Waals surface area contributed by atoms with E-state index in [1.807, 2.05) is 61.7 Å². The number of methoxy groups -OCH3 is 1. The zero-order valence-electron chi connectivity index (χ0n) is 13.8. The van der Waals surface area contributed by atoms with E-state index in [0.29, 0.717) is 11.3 Å². The second kappa shape index (κ2) is 6.93. The minimum Gasteiger partial charge on any atom is -0.497 e. The Kier molecular flexibility index (Phi) is 4.71. The summed E-state index contributed by atoms with van der Waals surface area (Å²) in [6.45, 7) is 1.85. The highest BCUT2D eigenvalue weighted by atomic mass is 32.2. The van der Waals surface area contributed by atoms with Crippen molar-refractivity contribution in [2.24, 2.45) is 0 Å². The van der Waals surface area contributed by atoms with E-state index in [4.69, 9.17) is 4.74 Å². The van der Waals surface area contributed by atoms with Gasteiger partial charge in [0.25, 0.3) is 5.91 Å². The highest BCUT2D eigenvalue weighted by Crippen LogP contribution is 2.26. The zero-order chi connectivity index (χ0) is 17.1. The van der Waals surface area contributed by atoms with Crippen LogP contribution in [0.5, 0.6) is 5.75 Å². The van der Waals surface area contributed by atoms with Gasteiger partial charge >= 0.3 is 0 Å². The molecule has 24 heavy (non-hydrogen) atoms. The van der Waals surface area contributed by atoms with Crippen molar-refractivity contribution in [2.45, 2.75) is 11.8 Å². The molecule has 0 unspecified atom stereocenters. The van der Waals surface area contributed by atoms with Crippen LogP contribution in [-0.4, -0.2) is 24.3 Å². The highest BCUT2D eigenvalue weighted by Gasteiger charge is 2.13. The van der Waals surface area contributed by atoms with Gasteiger partial charge in [0, 0.05) is 10.3 Å². The van der Waals surface area contributed by atoms with E-state index in [-0.39, 0.29) is 5.91 Å². The molecule has 122 valence electrons. The summed E-state index contributed by atoms with van der Waals surface area (Å²) in [5.41, 5.74) is 2.91. The fraction of sp³-hybridized carbons (Fsp3) is 0.158. The molecule has 0 aliphatic heterocycles. The third-order valence-corrected chi connectivity index (χ3v) is 4.61. The summed E-state index contributed by atoms with van der Waals surface area (Å²) in [4.78, 5) is 18.3. The molecule has 3 aromatic rings. The van der Waals surface area contributed by atoms with E-state index in [9.17, 15) is 4.79 Å². The molecule has 1 amide bonds. The van der Waals surface area contributed by atoms with Crippen molar-refractivity contribution in [3.63, 3.8) is 0 Å². The van der Waals surface area contributed by atoms with E-state index in [0.717, 1.165) is 27.2 Å². The maximum atomic E-state index is 12.7. The van der Waals surface area contributed by atoms with Gasteiger partial charge in [-0.1, -0.05) is 12.1 Å². The second-order valence-corrected chi connectivity index (χ2v) is 6.18. The molecule has 0 saturated carbocycles. The number of rotatable bonds is 4. The monoisotopic (exact) mass is 338 g/mol. The predicted molar refractivity (Wildman–Crippen MR) is 99.2 cm³/mol. The molecule has 0 radical (unpaired) electrons. The van der Waals surface area contributed by atoms with Gasteiger partial charge in [0.15, 0.2) is 0 Å². The van der Waals surface area contributed by atoms with Gasteiger partial charge in [-0.25, -0.2) is 0 Å². The van der Waals surface area contributed by atoms with Crippen molar-refractivity contribution in [3.05, 3.63) is 59.8 Å². The number of hydrogen-bond acceptors (Lipinski definition) is 4. The SMILES string of the molecule is COc1ccc2nc(C)c(C(=O)Nc3ccccc3SC)cc2c1. The topological polar surface area (TPSA) is 51.2 Å². The molecule has 0 aliphatic rings. The molecule has 1 heterocycles. The molecule has 0 spiro atoms. The Morgan fingerprint density at radius 1 is 1.17 bits per heavy atom. The average Bonchev–Trinajstić information content (AvgIpc) is 2.61. The normalized spacial score (nSPS) is 10.6. The first kappa shape index (κ1) is 16.3. The first-order valence-electron chi connectivity index (χ1n) is 7.52. The van der Waals surface area contributed by atoms with Crippen LogP contribution in [0.3, 0.4) is 0 Å². The van der Waals surface area contributed by atoms with Crippen molar-refractivity contribution >= 4 is 34.3 Å². The molecule has 1 aromatic heterocycles. The van der Waals surface area contributed by atoms with Gasteiger partial charge in [-0.2, -0.15) is 0 Å². The Morgan fingerprint density at radius 2 is 1.96 bits per heavy atom. The summed E-state index contributed by atoms with van der Waals surface area (Å²) in [5, 5.41) is 3.86. The van der Waals surface area contributed by atoms with Gasteiger partial charge in [-0.05, 0) is 49.6 Å². The van der Waals surface area contributed by atoms with E-state index in [1.165, 1.54) is 0 Å². The number of fused-ring (bicyclic) bond motifs is 1. The van der Waals surface area contributed by atoms with E-state index in [2.05, 4.69) is 10.3 Å². The van der Waals surface area contributed by atoms with Crippen molar-refractivity contribution in [3.8, 4) is 5.75 Å². The van der Waals surface area contributed by atoms with Crippen LogP contribution in [0.25, 0.3) is 10.9 Å². The minimum absolute atomic E-state index is 0.161. The van der Waals surface area contributed by atoms with Crippen LogP contribution in [0, 0.1) is 6.92 Å². The second-order valence-electron chi connectivity index (χ2n) is 5.33. The standard InChI is InChI=1S/C19H18N2O2S/c1-12-15(11-13-10-14(23-2)8-9-16(13)20-12)19(22)21-17-6-4-5-7-18(17)24-3/h4-11H,1-3H3,(H,21,22). The molecule has 4 nitrogen and oxygen atoms in total. The average molecular weight is 338 g/mol. The van der Waals surface area contributed by atoms with Gasteiger partial charge < -0.3 is 10.1 Å². The van der Waals surface area contributed by atoms with Crippen molar-refractivity contribution in [1.29, 1.82) is 0 Å². The lowest BCUT2D eigenvalue weighted by atomic mass is 10.1. The number of ether oxygens (including phenoxy) is 1. The highest BCUT2D eigenvalue weighted by molar-refractivity contribution is 7.98. The summed E-state index contributed by atoms with van der Waals surface area (Å²) in [5.74, 6) is 0.582. The number of hydrogen-bond donors (Lipinski definition) is 1. The summed E-state index contributed by atoms with van der Waals surface area (Å²) < 4.78 is 5.25. The van der Waals surface area contributed by atoms with Crippen LogP contribution in [0.4, 0.5) is 5.69 Å². The van der Waals surface area contributed by atoms with Gasteiger partial charge in [0.1, 0.15) is 5.75 Å². The molecule has 0 aliphatic carbocycles. The molecular formula is C19H18N2O2S. The van der Waals surface area contributed by atoms with E-state index in [1.54, 1.807) is 18.9 Å². The lowest BCUT2D eigenvalue weighted by Crippen LogP contribution is -2.14. The van der Waals surface area contributed by atoms with Crippen LogP contribution >= 0.6 is 11.8 Å².